The van der Waals surface area contributed by atoms with Gasteiger partial charge in [0, 0.05) is 24.0 Å². The highest BCUT2D eigenvalue weighted by Crippen LogP contribution is 2.17. The second-order valence-corrected chi connectivity index (χ2v) is 4.09. The number of aromatic nitrogens is 2. The van der Waals surface area contributed by atoms with Gasteiger partial charge in [0.05, 0.1) is 11.1 Å². The first kappa shape index (κ1) is 12.2. The van der Waals surface area contributed by atoms with Crippen LogP contribution in [-0.4, -0.2) is 19.8 Å². The Hall–Kier alpha value is -2.28. The topological polar surface area (TPSA) is 73.0 Å². The Balaban J connectivity index is 2.16. The molecule has 1 N–H and O–H groups in total. The Kier molecular flexibility index (Phi) is 3.33. The molecule has 0 radical (unpaired) electrons. The first-order chi connectivity index (χ1) is 8.56. The van der Waals surface area contributed by atoms with Crippen molar-refractivity contribution in [2.75, 3.05) is 5.32 Å². The van der Waals surface area contributed by atoms with Crippen molar-refractivity contribution in [1.29, 1.82) is 0 Å². The number of aryl methyl sites for hydroxylation is 1. The average Bonchev–Trinajstić information content (AvgIpc) is 2.76. The van der Waals surface area contributed by atoms with Crippen molar-refractivity contribution in [3.8, 4) is 0 Å². The van der Waals surface area contributed by atoms with E-state index in [2.05, 4.69) is 10.4 Å². The second-order valence-electron chi connectivity index (χ2n) is 3.70. The summed E-state index contributed by atoms with van der Waals surface area (Å²) in [6, 6.07) is 6.14. The second kappa shape index (κ2) is 4.92. The van der Waals surface area contributed by atoms with Gasteiger partial charge in [-0.1, -0.05) is 6.07 Å². The van der Waals surface area contributed by atoms with Gasteiger partial charge in [-0.3, -0.25) is 10.1 Å². The molecule has 2 rings (SSSR count). The molecule has 6 nitrogen and oxygen atoms in total. The molecule has 0 spiro atoms. The number of benzene rings is 1. The molecule has 0 saturated carbocycles. The maximum absolute atomic E-state index is 10.6. The zero-order valence-electron chi connectivity index (χ0n) is 9.53. The van der Waals surface area contributed by atoms with Gasteiger partial charge in [-0.25, -0.2) is 4.68 Å². The van der Waals surface area contributed by atoms with E-state index >= 15 is 0 Å². The van der Waals surface area contributed by atoms with E-state index in [-0.39, 0.29) is 5.69 Å². The van der Waals surface area contributed by atoms with Crippen molar-refractivity contribution in [3.05, 3.63) is 52.3 Å². The number of hydrogen-bond donors (Lipinski definition) is 1. The fraction of sp³-hybridized carbons (Fsp3) is 0.0909. The summed E-state index contributed by atoms with van der Waals surface area (Å²) in [5.41, 5.74) is 1.56. The van der Waals surface area contributed by atoms with Crippen molar-refractivity contribution >= 4 is 28.7 Å². The molecule has 0 aliphatic heterocycles. The Morgan fingerprint density at radius 3 is 2.94 bits per heavy atom. The molecule has 0 unspecified atom stereocenters. The zero-order valence-corrected chi connectivity index (χ0v) is 10.3. The summed E-state index contributed by atoms with van der Waals surface area (Å²) in [5.74, 6) is 0. The standard InChI is InChI=1S/C11H10N4O2S/c1-8-6-12-14(7-8)11(18)13-9-3-2-4-10(5-9)15(16)17/h2-7H,1H3,(H,13,18). The van der Waals surface area contributed by atoms with Gasteiger partial charge < -0.3 is 5.32 Å². The first-order valence-electron chi connectivity index (χ1n) is 5.13. The van der Waals surface area contributed by atoms with Crippen LogP contribution in [0.15, 0.2) is 36.7 Å². The molecule has 92 valence electrons. The monoisotopic (exact) mass is 262 g/mol. The predicted octanol–water partition coefficient (Wildman–Crippen LogP) is 2.34. The van der Waals surface area contributed by atoms with Gasteiger partial charge in [0.1, 0.15) is 0 Å². The normalized spacial score (nSPS) is 10.1. The van der Waals surface area contributed by atoms with Crippen LogP contribution in [0.5, 0.6) is 0 Å². The van der Waals surface area contributed by atoms with Crippen LogP contribution in [0.2, 0.25) is 0 Å². The number of non-ortho nitro benzene ring substituents is 1. The highest BCUT2D eigenvalue weighted by molar-refractivity contribution is 7.80. The summed E-state index contributed by atoms with van der Waals surface area (Å²) in [6.45, 7) is 1.90. The van der Waals surface area contributed by atoms with E-state index in [9.17, 15) is 10.1 Å². The minimum absolute atomic E-state index is 0.0134. The van der Waals surface area contributed by atoms with Crippen molar-refractivity contribution in [3.63, 3.8) is 0 Å². The summed E-state index contributed by atoms with van der Waals surface area (Å²) >= 11 is 5.14. The maximum atomic E-state index is 10.6. The largest absolute Gasteiger partial charge is 0.331 e. The number of nitrogens with zero attached hydrogens (tertiary/aromatic N) is 3. The molecule has 7 heteroatoms. The van der Waals surface area contributed by atoms with Gasteiger partial charge >= 0.3 is 0 Å². The summed E-state index contributed by atoms with van der Waals surface area (Å²) in [5, 5.41) is 17.9. The van der Waals surface area contributed by atoms with Crippen LogP contribution in [0.3, 0.4) is 0 Å². The van der Waals surface area contributed by atoms with Crippen LogP contribution >= 0.6 is 12.2 Å². The number of anilines is 1. The Morgan fingerprint density at radius 2 is 2.33 bits per heavy atom. The van der Waals surface area contributed by atoms with Gasteiger partial charge in [-0.2, -0.15) is 5.10 Å². The fourth-order valence-electron chi connectivity index (χ4n) is 1.40. The average molecular weight is 262 g/mol. The Morgan fingerprint density at radius 1 is 1.56 bits per heavy atom. The summed E-state index contributed by atoms with van der Waals surface area (Å²) < 4.78 is 1.50. The molecule has 0 saturated heterocycles. The van der Waals surface area contributed by atoms with Crippen molar-refractivity contribution in [1.82, 2.24) is 9.78 Å². The number of nitro benzene ring substituents is 1. The summed E-state index contributed by atoms with van der Waals surface area (Å²) in [4.78, 5) is 10.2. The molecule has 0 amide bonds. The third-order valence-electron chi connectivity index (χ3n) is 2.23. The molecule has 0 aliphatic rings. The number of rotatable bonds is 2. The summed E-state index contributed by atoms with van der Waals surface area (Å²) in [7, 11) is 0. The van der Waals surface area contributed by atoms with E-state index in [1.165, 1.54) is 16.8 Å². The van der Waals surface area contributed by atoms with Crippen LogP contribution in [0, 0.1) is 17.0 Å². The van der Waals surface area contributed by atoms with E-state index in [4.69, 9.17) is 12.2 Å². The molecule has 1 aromatic carbocycles. The quantitative estimate of drug-likeness (QED) is 0.511. The highest BCUT2D eigenvalue weighted by atomic mass is 32.1. The van der Waals surface area contributed by atoms with E-state index < -0.39 is 4.92 Å². The maximum Gasteiger partial charge on any atom is 0.271 e. The lowest BCUT2D eigenvalue weighted by molar-refractivity contribution is -0.384. The molecule has 18 heavy (non-hydrogen) atoms. The summed E-state index contributed by atoms with van der Waals surface area (Å²) in [6.07, 6.45) is 3.45. The first-order valence-corrected chi connectivity index (χ1v) is 5.54. The number of nitro groups is 1. The number of thiocarbonyl (C=S) groups is 1. The van der Waals surface area contributed by atoms with E-state index in [0.717, 1.165) is 5.56 Å². The predicted molar refractivity (Wildman–Crippen MR) is 71.7 cm³/mol. The molecule has 1 heterocycles. The van der Waals surface area contributed by atoms with E-state index in [1.54, 1.807) is 24.5 Å². The lowest BCUT2D eigenvalue weighted by Gasteiger charge is -2.07. The van der Waals surface area contributed by atoms with Gasteiger partial charge in [-0.05, 0) is 30.8 Å². The number of nitrogens with one attached hydrogen (secondary N) is 1. The van der Waals surface area contributed by atoms with E-state index in [1.807, 2.05) is 6.92 Å². The Bertz CT molecular complexity index is 609. The minimum Gasteiger partial charge on any atom is -0.331 e. The molecule has 0 atom stereocenters. The smallest absolute Gasteiger partial charge is 0.271 e. The fourth-order valence-corrected chi connectivity index (χ4v) is 1.62. The number of hydrogen-bond acceptors (Lipinski definition) is 4. The molecule has 1 aromatic heterocycles. The van der Waals surface area contributed by atoms with Crippen molar-refractivity contribution in [2.45, 2.75) is 6.92 Å². The van der Waals surface area contributed by atoms with E-state index in [0.29, 0.717) is 10.8 Å². The third kappa shape index (κ3) is 2.69. The lowest BCUT2D eigenvalue weighted by Crippen LogP contribution is -2.19. The molecule has 2 aromatic rings. The SMILES string of the molecule is Cc1cnn(C(=S)Nc2cccc([N+](=O)[O-])c2)c1. The van der Waals surface area contributed by atoms with Gasteiger partial charge in [0.25, 0.3) is 5.69 Å². The Labute approximate surface area is 108 Å². The van der Waals surface area contributed by atoms with Gasteiger partial charge in [0.2, 0.25) is 0 Å². The molecule has 0 aliphatic carbocycles. The van der Waals surface area contributed by atoms with Crippen LogP contribution in [0.25, 0.3) is 0 Å². The highest BCUT2D eigenvalue weighted by Gasteiger charge is 2.07. The van der Waals surface area contributed by atoms with Crippen molar-refractivity contribution < 1.29 is 4.92 Å². The zero-order chi connectivity index (χ0) is 13.1. The van der Waals surface area contributed by atoms with Gasteiger partial charge in [-0.15, -0.1) is 0 Å². The van der Waals surface area contributed by atoms with Crippen molar-refractivity contribution in [2.24, 2.45) is 0 Å². The molecule has 0 bridgehead atoms. The van der Waals surface area contributed by atoms with Crippen LogP contribution in [0.1, 0.15) is 5.56 Å². The third-order valence-corrected chi connectivity index (χ3v) is 2.52. The molecular formula is C11H10N4O2S. The molecular weight excluding hydrogens is 252 g/mol. The lowest BCUT2D eigenvalue weighted by atomic mass is 10.3. The minimum atomic E-state index is -0.452. The van der Waals surface area contributed by atoms with Crippen LogP contribution in [-0.2, 0) is 0 Å². The van der Waals surface area contributed by atoms with Gasteiger partial charge in [0.15, 0.2) is 5.11 Å². The van der Waals surface area contributed by atoms with Crippen LogP contribution < -0.4 is 5.32 Å². The van der Waals surface area contributed by atoms with Crippen LogP contribution in [0.4, 0.5) is 11.4 Å². The molecule has 0 fully saturated rings.